The number of carbonyl (C=O) groups excluding carboxylic acids is 1. The summed E-state index contributed by atoms with van der Waals surface area (Å²) in [5, 5.41) is 2.78. The molecule has 1 amide bonds. The minimum absolute atomic E-state index is 0.0115. The molecule has 1 N–H and O–H groups in total. The van der Waals surface area contributed by atoms with Crippen LogP contribution in [0.4, 0.5) is 11.5 Å². The van der Waals surface area contributed by atoms with Crippen LogP contribution < -0.4 is 10.2 Å². The van der Waals surface area contributed by atoms with E-state index in [0.29, 0.717) is 18.1 Å². The van der Waals surface area contributed by atoms with E-state index in [-0.39, 0.29) is 29.9 Å². The van der Waals surface area contributed by atoms with E-state index >= 15 is 0 Å². The number of carbonyl (C=O) groups is 1. The van der Waals surface area contributed by atoms with Gasteiger partial charge in [0.1, 0.15) is 0 Å². The zero-order valence-electron chi connectivity index (χ0n) is 9.97. The second-order valence-electron chi connectivity index (χ2n) is 4.74. The van der Waals surface area contributed by atoms with E-state index in [4.69, 9.17) is 0 Å². The van der Waals surface area contributed by atoms with Crippen LogP contribution in [0.25, 0.3) is 0 Å². The minimum atomic E-state index is -3.06. The van der Waals surface area contributed by atoms with Gasteiger partial charge in [0.05, 0.1) is 23.2 Å². The lowest BCUT2D eigenvalue weighted by Gasteiger charge is -2.34. The predicted octanol–water partition coefficient (Wildman–Crippen LogP) is 0.790. The van der Waals surface area contributed by atoms with E-state index in [1.54, 1.807) is 12.3 Å². The van der Waals surface area contributed by atoms with Crippen molar-refractivity contribution >= 4 is 43.2 Å². The number of pyridine rings is 1. The fourth-order valence-corrected chi connectivity index (χ4v) is 4.36. The van der Waals surface area contributed by atoms with Gasteiger partial charge < -0.3 is 10.2 Å². The number of hydrogen-bond donors (Lipinski definition) is 1. The number of nitrogens with zero attached hydrogens (tertiary/aromatic N) is 2. The molecule has 1 saturated heterocycles. The molecule has 102 valence electrons. The average Bonchev–Trinajstić information content (AvgIpc) is 2.41. The SMILES string of the molecule is O=C1CC2CS(=O)(=O)CCN2c2ncc(Br)cc2N1. The van der Waals surface area contributed by atoms with Crippen LogP contribution in [0.15, 0.2) is 16.7 Å². The number of fused-ring (bicyclic) bond motifs is 3. The molecule has 3 heterocycles. The minimum Gasteiger partial charge on any atom is -0.349 e. The zero-order valence-corrected chi connectivity index (χ0v) is 12.4. The Balaban J connectivity index is 2.06. The Morgan fingerprint density at radius 1 is 1.47 bits per heavy atom. The van der Waals surface area contributed by atoms with Gasteiger partial charge in [0.2, 0.25) is 5.91 Å². The molecule has 2 aliphatic heterocycles. The molecule has 0 bridgehead atoms. The van der Waals surface area contributed by atoms with Crippen molar-refractivity contribution in [3.63, 3.8) is 0 Å². The van der Waals surface area contributed by atoms with Gasteiger partial charge in [0.25, 0.3) is 0 Å². The summed E-state index contributed by atoms with van der Waals surface area (Å²) in [5.74, 6) is 0.589. The van der Waals surface area contributed by atoms with E-state index in [9.17, 15) is 13.2 Å². The second-order valence-corrected chi connectivity index (χ2v) is 7.88. The highest BCUT2D eigenvalue weighted by Gasteiger charge is 2.36. The Hall–Kier alpha value is -1.15. The first-order valence-electron chi connectivity index (χ1n) is 5.87. The highest BCUT2D eigenvalue weighted by atomic mass is 79.9. The van der Waals surface area contributed by atoms with Gasteiger partial charge in [-0.05, 0) is 22.0 Å². The van der Waals surface area contributed by atoms with E-state index in [2.05, 4.69) is 26.2 Å². The van der Waals surface area contributed by atoms with Crippen LogP contribution in [-0.2, 0) is 14.6 Å². The van der Waals surface area contributed by atoms with E-state index in [1.165, 1.54) is 0 Å². The molecule has 1 atom stereocenters. The molecule has 1 aromatic heterocycles. The van der Waals surface area contributed by atoms with Crippen molar-refractivity contribution in [2.75, 3.05) is 28.3 Å². The lowest BCUT2D eigenvalue weighted by molar-refractivity contribution is -0.116. The van der Waals surface area contributed by atoms with Crippen LogP contribution in [0.1, 0.15) is 6.42 Å². The molecule has 3 rings (SSSR count). The third-order valence-corrected chi connectivity index (χ3v) is 5.46. The third-order valence-electron chi connectivity index (χ3n) is 3.33. The molecule has 0 aromatic carbocycles. The molecule has 6 nitrogen and oxygen atoms in total. The van der Waals surface area contributed by atoms with E-state index in [1.807, 2.05) is 4.90 Å². The Kier molecular flexibility index (Phi) is 3.01. The number of hydrogen-bond acceptors (Lipinski definition) is 5. The molecule has 0 radical (unpaired) electrons. The number of amides is 1. The summed E-state index contributed by atoms with van der Waals surface area (Å²) in [6.07, 6.45) is 1.82. The molecule has 1 aromatic rings. The molecule has 1 unspecified atom stereocenters. The van der Waals surface area contributed by atoms with Crippen LogP contribution in [-0.4, -0.2) is 43.4 Å². The van der Waals surface area contributed by atoms with Gasteiger partial charge in [0.15, 0.2) is 15.7 Å². The Bertz CT molecular complexity index is 647. The van der Waals surface area contributed by atoms with Gasteiger partial charge in [-0.3, -0.25) is 4.79 Å². The number of rotatable bonds is 0. The summed E-state index contributed by atoms with van der Waals surface area (Å²) < 4.78 is 24.2. The molecule has 0 saturated carbocycles. The van der Waals surface area contributed by atoms with Gasteiger partial charge >= 0.3 is 0 Å². The molecule has 19 heavy (non-hydrogen) atoms. The molecular formula is C11H12BrN3O3S. The largest absolute Gasteiger partial charge is 0.349 e. The van der Waals surface area contributed by atoms with Crippen molar-refractivity contribution in [2.45, 2.75) is 12.5 Å². The maximum absolute atomic E-state index is 11.8. The smallest absolute Gasteiger partial charge is 0.226 e. The van der Waals surface area contributed by atoms with Crippen LogP contribution in [0.5, 0.6) is 0 Å². The number of nitrogens with one attached hydrogen (secondary N) is 1. The van der Waals surface area contributed by atoms with Crippen molar-refractivity contribution in [3.05, 3.63) is 16.7 Å². The first kappa shape index (κ1) is 12.9. The van der Waals surface area contributed by atoms with Crippen molar-refractivity contribution in [3.8, 4) is 0 Å². The first-order valence-corrected chi connectivity index (χ1v) is 8.48. The maximum atomic E-state index is 11.8. The monoisotopic (exact) mass is 345 g/mol. The predicted molar refractivity (Wildman–Crippen MR) is 75.0 cm³/mol. The van der Waals surface area contributed by atoms with Crippen molar-refractivity contribution in [1.82, 2.24) is 4.98 Å². The Morgan fingerprint density at radius 3 is 3.05 bits per heavy atom. The van der Waals surface area contributed by atoms with E-state index in [0.717, 1.165) is 4.47 Å². The first-order chi connectivity index (χ1) is 8.94. The average molecular weight is 346 g/mol. The highest BCUT2D eigenvalue weighted by Crippen LogP contribution is 2.33. The molecular weight excluding hydrogens is 334 g/mol. The molecule has 0 spiro atoms. The lowest BCUT2D eigenvalue weighted by Crippen LogP contribution is -2.49. The number of halogens is 1. The van der Waals surface area contributed by atoms with Crippen LogP contribution >= 0.6 is 15.9 Å². The van der Waals surface area contributed by atoms with Crippen LogP contribution in [0.2, 0.25) is 0 Å². The number of sulfone groups is 1. The van der Waals surface area contributed by atoms with Gasteiger partial charge in [-0.2, -0.15) is 0 Å². The summed E-state index contributed by atoms with van der Waals surface area (Å²) in [6, 6.07) is 1.46. The third kappa shape index (κ3) is 2.46. The zero-order chi connectivity index (χ0) is 13.6. The molecule has 2 aliphatic rings. The summed E-state index contributed by atoms with van der Waals surface area (Å²) in [6.45, 7) is 0.379. The highest BCUT2D eigenvalue weighted by molar-refractivity contribution is 9.10. The lowest BCUT2D eigenvalue weighted by atomic mass is 10.2. The summed E-state index contributed by atoms with van der Waals surface area (Å²) in [5.41, 5.74) is 0.626. The van der Waals surface area contributed by atoms with Crippen LogP contribution in [0, 0.1) is 0 Å². The summed E-state index contributed by atoms with van der Waals surface area (Å²) in [4.78, 5) is 18.1. The molecule has 0 aliphatic carbocycles. The molecule has 8 heteroatoms. The quantitative estimate of drug-likeness (QED) is 0.751. The maximum Gasteiger partial charge on any atom is 0.226 e. The van der Waals surface area contributed by atoms with Crippen LogP contribution in [0.3, 0.4) is 0 Å². The van der Waals surface area contributed by atoms with Crippen molar-refractivity contribution in [1.29, 1.82) is 0 Å². The standard InChI is InChI=1S/C11H12BrN3O3S/c12-7-3-9-11(13-5-7)15-1-2-19(17,18)6-8(15)4-10(16)14-9/h3,5,8H,1-2,4,6H2,(H,14,16). The fraction of sp³-hybridized carbons (Fsp3) is 0.455. The van der Waals surface area contributed by atoms with Crippen molar-refractivity contribution in [2.24, 2.45) is 0 Å². The number of aromatic nitrogens is 1. The van der Waals surface area contributed by atoms with Gasteiger partial charge in [-0.15, -0.1) is 0 Å². The van der Waals surface area contributed by atoms with Gasteiger partial charge in [-0.25, -0.2) is 13.4 Å². The van der Waals surface area contributed by atoms with E-state index < -0.39 is 9.84 Å². The van der Waals surface area contributed by atoms with Crippen molar-refractivity contribution < 1.29 is 13.2 Å². The fourth-order valence-electron chi connectivity index (χ4n) is 2.50. The second kappa shape index (κ2) is 4.45. The number of anilines is 2. The van der Waals surface area contributed by atoms with Gasteiger partial charge in [-0.1, -0.05) is 0 Å². The summed E-state index contributed by atoms with van der Waals surface area (Å²) >= 11 is 3.31. The summed E-state index contributed by atoms with van der Waals surface area (Å²) in [7, 11) is -3.06. The Morgan fingerprint density at radius 2 is 2.26 bits per heavy atom. The topological polar surface area (TPSA) is 79.4 Å². The van der Waals surface area contributed by atoms with Gasteiger partial charge in [0, 0.05) is 23.6 Å². The molecule has 1 fully saturated rings. The normalized spacial score (nSPS) is 25.0. The Labute approximate surface area is 119 Å².